The van der Waals surface area contributed by atoms with Crippen molar-refractivity contribution < 1.29 is 39.0 Å². The third-order valence-electron chi connectivity index (χ3n) is 4.37. The first-order chi connectivity index (χ1) is 12.0. The van der Waals surface area contributed by atoms with Gasteiger partial charge in [-0.05, 0) is 12.8 Å². The molecule has 0 amide bonds. The van der Waals surface area contributed by atoms with Crippen LogP contribution in [-0.4, -0.2) is 44.1 Å². The fraction of sp³-hybridized carbons (Fsp3) is 0.800. The van der Waals surface area contributed by atoms with Crippen molar-refractivity contribution in [3.05, 3.63) is 18.7 Å². The summed E-state index contributed by atoms with van der Waals surface area (Å²) < 4.78 is 3.05. The number of aromatic nitrogens is 2. The Bertz CT molecular complexity index is 515. The first kappa shape index (κ1) is 23.8. The quantitative estimate of drug-likeness (QED) is 0.144. The van der Waals surface area contributed by atoms with Crippen LogP contribution in [-0.2, 0) is 13.1 Å². The second kappa shape index (κ2) is 10.4. The first-order valence-electron chi connectivity index (χ1n) is 8.93. The molecule has 0 bridgehead atoms. The van der Waals surface area contributed by atoms with E-state index < -0.39 is 27.5 Å². The molecule has 1 aromatic heterocycles. The van der Waals surface area contributed by atoms with Crippen molar-refractivity contribution in [2.45, 2.75) is 76.5 Å². The smallest absolute Gasteiger partial charge is 0.311 e. The van der Waals surface area contributed by atoms with Gasteiger partial charge in [0.25, 0.3) is 0 Å². The molecular formula is C15H33N2O7P2+3. The zero-order valence-electron chi connectivity index (χ0n) is 15.2. The van der Waals surface area contributed by atoms with E-state index >= 15 is 0 Å². The molecule has 1 heterocycles. The molecule has 0 unspecified atom stereocenters. The van der Waals surface area contributed by atoms with Crippen molar-refractivity contribution in [1.29, 1.82) is 0 Å². The Morgan fingerprint density at radius 1 is 0.846 bits per heavy atom. The maximum Gasteiger partial charge on any atom is 0.493 e. The molecule has 0 aliphatic heterocycles. The number of unbranched alkanes of at least 4 members (excludes halogenated alkanes) is 7. The monoisotopic (exact) mass is 415 g/mol. The Labute approximate surface area is 155 Å². The van der Waals surface area contributed by atoms with Crippen LogP contribution in [0.15, 0.2) is 18.7 Å². The highest BCUT2D eigenvalue weighted by Crippen LogP contribution is 2.75. The lowest BCUT2D eigenvalue weighted by molar-refractivity contribution is -0.703. The van der Waals surface area contributed by atoms with Crippen molar-refractivity contribution in [3.8, 4) is 0 Å². The summed E-state index contributed by atoms with van der Waals surface area (Å²) in [6.45, 7) is 2.14. The number of rotatable bonds is 13. The molecule has 0 saturated heterocycles. The Morgan fingerprint density at radius 3 is 1.85 bits per heavy atom. The zero-order valence-corrected chi connectivity index (χ0v) is 17.0. The number of nitrogens with zero attached hydrogens (tertiary/aromatic N) is 2. The number of hydrogen-bond donors (Lipinski definition) is 7. The molecule has 0 fully saturated rings. The average molecular weight is 415 g/mol. The predicted molar refractivity (Wildman–Crippen MR) is 99.3 cm³/mol. The maximum absolute atomic E-state index is 10.1. The summed E-state index contributed by atoms with van der Waals surface area (Å²) in [6, 6.07) is 0. The molecule has 0 radical (unpaired) electrons. The molecule has 0 aromatic carbocycles. The SMILES string of the molecule is CCCCCCCCCCn1cc[n+](CC(O)([P+](O)(O)O)[P+](O)(O)O)c1. The molecule has 11 heteroatoms. The number of aryl methyl sites for hydroxylation is 1. The second-order valence-corrected chi connectivity index (χ2v) is 10.8. The highest BCUT2D eigenvalue weighted by molar-refractivity contribution is 7.78. The van der Waals surface area contributed by atoms with Crippen molar-refractivity contribution in [2.24, 2.45) is 0 Å². The lowest BCUT2D eigenvalue weighted by Gasteiger charge is -2.23. The summed E-state index contributed by atoms with van der Waals surface area (Å²) >= 11 is 0. The van der Waals surface area contributed by atoms with Gasteiger partial charge in [0.2, 0.25) is 12.9 Å². The maximum atomic E-state index is 10.1. The summed E-state index contributed by atoms with van der Waals surface area (Å²) in [6.07, 6.45) is 14.2. The predicted octanol–water partition coefficient (Wildman–Crippen LogP) is 1.04. The molecule has 0 saturated carbocycles. The fourth-order valence-corrected chi connectivity index (χ4v) is 4.85. The third-order valence-corrected chi connectivity index (χ3v) is 8.19. The molecule has 152 valence electrons. The number of aliphatic hydroxyl groups is 1. The van der Waals surface area contributed by atoms with E-state index in [1.165, 1.54) is 55.6 Å². The molecule has 26 heavy (non-hydrogen) atoms. The summed E-state index contributed by atoms with van der Waals surface area (Å²) in [5.74, 6) is 0. The van der Waals surface area contributed by atoms with E-state index in [0.29, 0.717) is 0 Å². The molecule has 0 atom stereocenters. The van der Waals surface area contributed by atoms with Crippen LogP contribution in [0.3, 0.4) is 0 Å². The van der Waals surface area contributed by atoms with Gasteiger partial charge in [-0.2, -0.15) is 29.4 Å². The Kier molecular flexibility index (Phi) is 9.50. The Hall–Kier alpha value is -0.210. The first-order valence-corrected chi connectivity index (χ1v) is 12.2. The van der Waals surface area contributed by atoms with Gasteiger partial charge in [-0.25, -0.2) is 9.13 Å². The highest BCUT2D eigenvalue weighted by Gasteiger charge is 2.80. The van der Waals surface area contributed by atoms with E-state index in [4.69, 9.17) is 0 Å². The van der Waals surface area contributed by atoms with Crippen LogP contribution in [0.25, 0.3) is 0 Å². The minimum atomic E-state index is -5.13. The van der Waals surface area contributed by atoms with E-state index in [1.54, 1.807) is 10.8 Å². The molecule has 1 rings (SSSR count). The van der Waals surface area contributed by atoms with Crippen LogP contribution in [0, 0.1) is 0 Å². The summed E-state index contributed by atoms with van der Waals surface area (Å²) in [4.78, 5) is 55.9. The minimum absolute atomic E-state index is 0.718. The standard InChI is InChI=1S/C15H33N2O7P2/c1-2-3-4-5-6-7-8-9-10-16-11-12-17(14-16)13-15(18,25(19,20)21)26(22,23)24/h11-12,14,18-24H,2-10,13H2,1H3/q+3. The molecule has 0 aliphatic rings. The zero-order chi connectivity index (χ0) is 19.8. The Balaban J connectivity index is 2.47. The fourth-order valence-electron chi connectivity index (χ4n) is 2.71. The van der Waals surface area contributed by atoms with Gasteiger partial charge in [-0.1, -0.05) is 45.4 Å². The van der Waals surface area contributed by atoms with Crippen LogP contribution in [0.2, 0.25) is 0 Å². The van der Waals surface area contributed by atoms with E-state index in [0.717, 1.165) is 19.4 Å². The molecule has 9 nitrogen and oxygen atoms in total. The van der Waals surface area contributed by atoms with Crippen molar-refractivity contribution in [2.75, 3.05) is 0 Å². The van der Waals surface area contributed by atoms with Crippen LogP contribution >= 0.6 is 15.9 Å². The Morgan fingerprint density at radius 2 is 1.35 bits per heavy atom. The van der Waals surface area contributed by atoms with Gasteiger partial charge in [0.1, 0.15) is 12.4 Å². The van der Waals surface area contributed by atoms with E-state index in [1.807, 2.05) is 0 Å². The van der Waals surface area contributed by atoms with Gasteiger partial charge in [0.05, 0.1) is 6.54 Å². The molecule has 7 N–H and O–H groups in total. The van der Waals surface area contributed by atoms with Gasteiger partial charge < -0.3 is 5.11 Å². The van der Waals surface area contributed by atoms with Gasteiger partial charge in [0, 0.05) is 0 Å². The van der Waals surface area contributed by atoms with E-state index in [-0.39, 0.29) is 0 Å². The van der Waals surface area contributed by atoms with Gasteiger partial charge >= 0.3 is 21.0 Å². The van der Waals surface area contributed by atoms with Gasteiger partial charge in [-0.3, -0.25) is 0 Å². The van der Waals surface area contributed by atoms with Gasteiger partial charge in [0.15, 0.2) is 0 Å². The lowest BCUT2D eigenvalue weighted by Crippen LogP contribution is -2.49. The number of imidazole rings is 1. The van der Waals surface area contributed by atoms with Crippen LogP contribution in [0.1, 0.15) is 58.3 Å². The van der Waals surface area contributed by atoms with Gasteiger partial charge in [-0.15, -0.1) is 0 Å². The topological polar surface area (TPSA) is 150 Å². The molecule has 0 spiro atoms. The largest absolute Gasteiger partial charge is 0.493 e. The summed E-state index contributed by atoms with van der Waals surface area (Å²) in [5, 5.41) is 6.84. The number of hydrogen-bond acceptors (Lipinski definition) is 7. The van der Waals surface area contributed by atoms with E-state index in [2.05, 4.69) is 6.92 Å². The molecular weight excluding hydrogens is 382 g/mol. The molecule has 1 aromatic rings. The average Bonchev–Trinajstić information content (AvgIpc) is 2.95. The van der Waals surface area contributed by atoms with Crippen molar-refractivity contribution >= 4 is 15.9 Å². The second-order valence-electron chi connectivity index (χ2n) is 6.71. The minimum Gasteiger partial charge on any atom is -0.311 e. The van der Waals surface area contributed by atoms with Crippen molar-refractivity contribution in [1.82, 2.24) is 4.57 Å². The lowest BCUT2D eigenvalue weighted by atomic mass is 10.1. The summed E-state index contributed by atoms with van der Waals surface area (Å²) in [5.41, 5.74) is 0. The van der Waals surface area contributed by atoms with Crippen LogP contribution in [0.4, 0.5) is 0 Å². The van der Waals surface area contributed by atoms with Crippen LogP contribution in [0.5, 0.6) is 0 Å². The van der Waals surface area contributed by atoms with Crippen LogP contribution < -0.4 is 4.57 Å². The molecule has 0 aliphatic carbocycles. The van der Waals surface area contributed by atoms with E-state index in [9.17, 15) is 34.5 Å². The highest BCUT2D eigenvalue weighted by atomic mass is 31.3. The third kappa shape index (κ3) is 7.08. The normalized spacial score (nSPS) is 13.4. The summed E-state index contributed by atoms with van der Waals surface area (Å²) in [7, 11) is -10.3. The van der Waals surface area contributed by atoms with Crippen molar-refractivity contribution in [3.63, 3.8) is 0 Å².